The molecule has 0 amide bonds. The van der Waals surface area contributed by atoms with Crippen molar-refractivity contribution in [3.63, 3.8) is 0 Å². The molecule has 0 fully saturated rings. The number of para-hydroxylation sites is 1. The number of nitrogens with one attached hydrogen (secondary N) is 2. The van der Waals surface area contributed by atoms with Crippen molar-refractivity contribution in [2.45, 2.75) is 6.92 Å². The van der Waals surface area contributed by atoms with Crippen molar-refractivity contribution in [3.8, 4) is 16.3 Å². The van der Waals surface area contributed by atoms with Crippen LogP contribution in [0.5, 0.6) is 0 Å². The third-order valence-corrected chi connectivity index (χ3v) is 4.63. The predicted molar refractivity (Wildman–Crippen MR) is 105 cm³/mol. The highest BCUT2D eigenvalue weighted by Crippen LogP contribution is 2.26. The van der Waals surface area contributed by atoms with Crippen molar-refractivity contribution in [1.82, 2.24) is 25.0 Å². The number of aromatic nitrogens is 5. The molecule has 0 aliphatic carbocycles. The van der Waals surface area contributed by atoms with Gasteiger partial charge < -0.3 is 0 Å². The van der Waals surface area contributed by atoms with Gasteiger partial charge in [0.25, 0.3) is 5.56 Å². The quantitative estimate of drug-likeness (QED) is 0.411. The fourth-order valence-corrected chi connectivity index (χ4v) is 3.14. The number of aromatic amines is 1. The molecule has 0 atom stereocenters. The number of thiophene rings is 1. The van der Waals surface area contributed by atoms with Gasteiger partial charge in [0.05, 0.1) is 16.8 Å². The molecular weight excluding hydrogens is 362 g/mol. The van der Waals surface area contributed by atoms with E-state index in [0.29, 0.717) is 5.69 Å². The van der Waals surface area contributed by atoms with Gasteiger partial charge in [0.1, 0.15) is 11.4 Å². The van der Waals surface area contributed by atoms with Crippen molar-refractivity contribution >= 4 is 23.5 Å². The van der Waals surface area contributed by atoms with Gasteiger partial charge in [-0.3, -0.25) is 9.78 Å². The summed E-state index contributed by atoms with van der Waals surface area (Å²) in [5.41, 5.74) is 5.29. The molecule has 3 aromatic heterocycles. The fraction of sp³-hybridized carbons (Fsp3) is 0.0556. The molecule has 0 saturated carbocycles. The normalized spacial score (nSPS) is 11.1. The number of nitrogens with zero attached hydrogens (tertiary/aromatic N) is 5. The molecule has 2 N–H and O–H groups in total. The molecule has 0 aliphatic heterocycles. The first-order chi connectivity index (χ1) is 13.2. The number of hydrogen-bond donors (Lipinski definition) is 2. The van der Waals surface area contributed by atoms with E-state index in [1.165, 1.54) is 0 Å². The maximum Gasteiger partial charge on any atom is 0.274 e. The Kier molecular flexibility index (Phi) is 4.58. The Hall–Kier alpha value is -3.59. The molecule has 27 heavy (non-hydrogen) atoms. The Balaban J connectivity index is 1.65. The van der Waals surface area contributed by atoms with E-state index in [4.69, 9.17) is 5.10 Å². The Morgan fingerprint density at radius 2 is 2.04 bits per heavy atom. The van der Waals surface area contributed by atoms with Crippen molar-refractivity contribution in [2.75, 3.05) is 5.43 Å². The van der Waals surface area contributed by atoms with E-state index in [1.807, 2.05) is 58.7 Å². The SMILES string of the molecule is Cc1nnc(N/N=C\c2cn(-c3ccccc3)nc2-c2cccs2)[nH]c1=O. The lowest BCUT2D eigenvalue weighted by molar-refractivity contribution is 0.885. The lowest BCUT2D eigenvalue weighted by Gasteiger charge is -1.98. The van der Waals surface area contributed by atoms with E-state index >= 15 is 0 Å². The first-order valence-electron chi connectivity index (χ1n) is 8.12. The minimum atomic E-state index is -0.307. The molecule has 0 unspecified atom stereocenters. The molecule has 134 valence electrons. The van der Waals surface area contributed by atoms with Crippen LogP contribution in [0, 0.1) is 6.92 Å². The lowest BCUT2D eigenvalue weighted by Crippen LogP contribution is -2.15. The molecule has 0 radical (unpaired) electrons. The standard InChI is InChI=1S/C18H15N7OS/c1-12-17(26)20-18(23-21-12)22-19-10-13-11-25(14-6-3-2-4-7-14)24-16(13)15-8-5-9-27-15/h2-11H,1H3,(H2,20,22,23,26)/b19-10-. The number of aryl methyl sites for hydroxylation is 1. The van der Waals surface area contributed by atoms with E-state index in [-0.39, 0.29) is 11.5 Å². The summed E-state index contributed by atoms with van der Waals surface area (Å²) in [4.78, 5) is 15.2. The molecule has 9 heteroatoms. The minimum Gasteiger partial charge on any atom is -0.288 e. The lowest BCUT2D eigenvalue weighted by atomic mass is 10.2. The van der Waals surface area contributed by atoms with Gasteiger partial charge in [0, 0.05) is 11.8 Å². The van der Waals surface area contributed by atoms with Crippen molar-refractivity contribution in [1.29, 1.82) is 0 Å². The van der Waals surface area contributed by atoms with E-state index in [9.17, 15) is 4.79 Å². The summed E-state index contributed by atoms with van der Waals surface area (Å²) in [5, 5.41) is 18.5. The summed E-state index contributed by atoms with van der Waals surface area (Å²) in [6, 6.07) is 13.8. The first-order valence-corrected chi connectivity index (χ1v) is 9.00. The summed E-state index contributed by atoms with van der Waals surface area (Å²) >= 11 is 1.60. The molecule has 3 heterocycles. The third-order valence-electron chi connectivity index (χ3n) is 3.75. The molecule has 0 aliphatic rings. The topological polar surface area (TPSA) is 101 Å². The van der Waals surface area contributed by atoms with Crippen LogP contribution >= 0.6 is 11.3 Å². The second-order valence-corrected chi connectivity index (χ2v) is 6.60. The monoisotopic (exact) mass is 377 g/mol. The summed E-state index contributed by atoms with van der Waals surface area (Å²) in [6.45, 7) is 1.59. The van der Waals surface area contributed by atoms with Gasteiger partial charge in [0.2, 0.25) is 5.95 Å². The summed E-state index contributed by atoms with van der Waals surface area (Å²) in [6.07, 6.45) is 3.54. The van der Waals surface area contributed by atoms with Gasteiger partial charge in [-0.05, 0) is 30.5 Å². The Labute approximate surface area is 158 Å². The molecule has 4 aromatic rings. The zero-order valence-corrected chi connectivity index (χ0v) is 15.1. The fourth-order valence-electron chi connectivity index (χ4n) is 2.41. The van der Waals surface area contributed by atoms with Crippen LogP contribution in [0.15, 0.2) is 63.9 Å². The maximum atomic E-state index is 11.6. The number of anilines is 1. The van der Waals surface area contributed by atoms with E-state index < -0.39 is 0 Å². The van der Waals surface area contributed by atoms with Crippen LogP contribution in [0.2, 0.25) is 0 Å². The van der Waals surface area contributed by atoms with Crippen LogP contribution < -0.4 is 11.0 Å². The average molecular weight is 377 g/mol. The van der Waals surface area contributed by atoms with Crippen LogP contribution in [0.3, 0.4) is 0 Å². The second kappa shape index (κ2) is 7.34. The van der Waals surface area contributed by atoms with Gasteiger partial charge in [-0.25, -0.2) is 10.1 Å². The summed E-state index contributed by atoms with van der Waals surface area (Å²) in [5.74, 6) is 0.176. The number of hydrazone groups is 1. The van der Waals surface area contributed by atoms with Gasteiger partial charge >= 0.3 is 0 Å². The summed E-state index contributed by atoms with van der Waals surface area (Å²) in [7, 11) is 0. The van der Waals surface area contributed by atoms with Crippen LogP contribution in [0.4, 0.5) is 5.95 Å². The molecular formula is C18H15N7OS. The Morgan fingerprint density at radius 1 is 1.19 bits per heavy atom. The predicted octanol–water partition coefficient (Wildman–Crippen LogP) is 2.83. The number of hydrogen-bond acceptors (Lipinski definition) is 7. The van der Waals surface area contributed by atoms with E-state index in [0.717, 1.165) is 21.8 Å². The highest BCUT2D eigenvalue weighted by atomic mass is 32.1. The van der Waals surface area contributed by atoms with Gasteiger partial charge in [0.15, 0.2) is 0 Å². The molecule has 8 nitrogen and oxygen atoms in total. The second-order valence-electron chi connectivity index (χ2n) is 5.65. The van der Waals surface area contributed by atoms with Crippen molar-refractivity contribution < 1.29 is 0 Å². The highest BCUT2D eigenvalue weighted by molar-refractivity contribution is 7.13. The Morgan fingerprint density at radius 3 is 2.78 bits per heavy atom. The molecule has 1 aromatic carbocycles. The Bertz CT molecular complexity index is 1130. The average Bonchev–Trinajstić information content (AvgIpc) is 3.35. The zero-order valence-electron chi connectivity index (χ0n) is 14.3. The van der Waals surface area contributed by atoms with Crippen molar-refractivity contribution in [3.05, 3.63) is 75.7 Å². The molecule has 0 bridgehead atoms. The zero-order chi connectivity index (χ0) is 18.6. The number of H-pyrrole nitrogens is 1. The van der Waals surface area contributed by atoms with Crippen molar-refractivity contribution in [2.24, 2.45) is 5.10 Å². The first kappa shape index (κ1) is 16.9. The number of benzene rings is 1. The smallest absolute Gasteiger partial charge is 0.274 e. The van der Waals surface area contributed by atoms with Gasteiger partial charge in [-0.15, -0.1) is 21.5 Å². The van der Waals surface area contributed by atoms with E-state index in [2.05, 4.69) is 25.7 Å². The summed E-state index contributed by atoms with van der Waals surface area (Å²) < 4.78 is 1.81. The van der Waals surface area contributed by atoms with E-state index in [1.54, 1.807) is 24.5 Å². The maximum absolute atomic E-state index is 11.6. The minimum absolute atomic E-state index is 0.176. The highest BCUT2D eigenvalue weighted by Gasteiger charge is 2.12. The van der Waals surface area contributed by atoms with Crippen LogP contribution in [0.1, 0.15) is 11.3 Å². The number of rotatable bonds is 5. The molecule has 0 spiro atoms. The van der Waals surface area contributed by atoms with Crippen LogP contribution in [-0.4, -0.2) is 31.2 Å². The van der Waals surface area contributed by atoms with Crippen LogP contribution in [0.25, 0.3) is 16.3 Å². The largest absolute Gasteiger partial charge is 0.288 e. The van der Waals surface area contributed by atoms with Crippen LogP contribution in [-0.2, 0) is 0 Å². The molecule has 4 rings (SSSR count). The third kappa shape index (κ3) is 3.67. The van der Waals surface area contributed by atoms with Gasteiger partial charge in [-0.2, -0.15) is 10.2 Å². The van der Waals surface area contributed by atoms with Gasteiger partial charge in [-0.1, -0.05) is 24.3 Å². The molecule has 0 saturated heterocycles.